The fraction of sp³-hybridized carbons (Fsp3) is 0.500. The number of H-pyrrole nitrogens is 1. The lowest BCUT2D eigenvalue weighted by atomic mass is 10.2. The Balaban J connectivity index is 2.47. The van der Waals surface area contributed by atoms with Gasteiger partial charge in [0, 0.05) is 18.2 Å². The molecule has 1 unspecified atom stereocenters. The molecule has 0 bridgehead atoms. The lowest BCUT2D eigenvalue weighted by molar-refractivity contribution is -0.0440. The summed E-state index contributed by atoms with van der Waals surface area (Å²) in [7, 11) is 0. The number of aliphatic hydroxyl groups excluding tert-OH is 1. The van der Waals surface area contributed by atoms with Gasteiger partial charge in [-0.15, -0.1) is 0 Å². The number of hydrogen-bond acceptors (Lipinski definition) is 4. The van der Waals surface area contributed by atoms with E-state index in [2.05, 4.69) is 4.98 Å². The maximum absolute atomic E-state index is 11.2. The number of aromatic amines is 1. The molecule has 0 aliphatic carbocycles. The average molecular weight is 198 g/mol. The molecular formula is C8H10N2O4. The van der Waals surface area contributed by atoms with Crippen LogP contribution in [-0.2, 0) is 17.9 Å². The van der Waals surface area contributed by atoms with Crippen LogP contribution in [0.4, 0.5) is 0 Å². The van der Waals surface area contributed by atoms with Crippen molar-refractivity contribution >= 4 is 0 Å². The second-order valence-corrected chi connectivity index (χ2v) is 3.16. The van der Waals surface area contributed by atoms with E-state index in [0.29, 0.717) is 12.1 Å². The number of ether oxygens (including phenoxy) is 1. The average Bonchev–Trinajstić information content (AvgIpc) is 2.16. The number of aliphatic hydroxyl groups is 1. The van der Waals surface area contributed by atoms with Gasteiger partial charge in [0.2, 0.25) is 0 Å². The van der Waals surface area contributed by atoms with Crippen LogP contribution in [0.1, 0.15) is 5.69 Å². The standard InChI is InChI=1S/C8H10N2O4/c11-3-6-1-5-2-7(12)9-8(13)10(5)4-14-6/h2,6,11H,1,3-4H2,(H,9,12,13). The van der Waals surface area contributed by atoms with E-state index < -0.39 is 11.2 Å². The van der Waals surface area contributed by atoms with Gasteiger partial charge in [-0.3, -0.25) is 14.3 Å². The van der Waals surface area contributed by atoms with Crippen LogP contribution < -0.4 is 11.2 Å². The molecule has 76 valence electrons. The summed E-state index contributed by atoms with van der Waals surface area (Å²) in [6.45, 7) is -0.0306. The minimum Gasteiger partial charge on any atom is -0.394 e. The molecule has 1 aliphatic heterocycles. The number of nitrogens with one attached hydrogen (secondary N) is 1. The number of nitrogens with zero attached hydrogens (tertiary/aromatic N) is 1. The molecule has 0 saturated heterocycles. The minimum atomic E-state index is -0.469. The van der Waals surface area contributed by atoms with Crippen LogP contribution in [0.15, 0.2) is 15.7 Å². The molecule has 0 aromatic carbocycles. The highest BCUT2D eigenvalue weighted by Crippen LogP contribution is 2.09. The third-order valence-electron chi connectivity index (χ3n) is 2.20. The summed E-state index contributed by atoms with van der Waals surface area (Å²) in [5, 5.41) is 8.86. The first-order valence-electron chi connectivity index (χ1n) is 4.26. The summed E-state index contributed by atoms with van der Waals surface area (Å²) < 4.78 is 6.51. The molecule has 2 rings (SSSR count). The molecular weight excluding hydrogens is 188 g/mol. The predicted octanol–water partition coefficient (Wildman–Crippen LogP) is -1.57. The fourth-order valence-corrected chi connectivity index (χ4v) is 1.47. The Morgan fingerprint density at radius 1 is 1.64 bits per heavy atom. The Kier molecular flexibility index (Phi) is 2.22. The van der Waals surface area contributed by atoms with E-state index in [9.17, 15) is 9.59 Å². The van der Waals surface area contributed by atoms with Gasteiger partial charge in [-0.25, -0.2) is 4.79 Å². The molecule has 0 radical (unpaired) electrons. The van der Waals surface area contributed by atoms with Gasteiger partial charge in [-0.1, -0.05) is 0 Å². The van der Waals surface area contributed by atoms with Gasteiger partial charge in [0.15, 0.2) is 0 Å². The highest BCUT2D eigenvalue weighted by atomic mass is 16.5. The van der Waals surface area contributed by atoms with Gasteiger partial charge in [0.1, 0.15) is 6.73 Å². The SMILES string of the molecule is O=c1cc2n(c(=O)[nH]1)COC(CO)C2. The number of fused-ring (bicyclic) bond motifs is 1. The third-order valence-corrected chi connectivity index (χ3v) is 2.20. The van der Waals surface area contributed by atoms with E-state index in [1.54, 1.807) is 0 Å². The summed E-state index contributed by atoms with van der Waals surface area (Å²) >= 11 is 0. The first-order chi connectivity index (χ1) is 6.70. The molecule has 1 aliphatic rings. The van der Waals surface area contributed by atoms with Crippen LogP contribution in [0.5, 0.6) is 0 Å². The van der Waals surface area contributed by atoms with Crippen molar-refractivity contribution in [3.8, 4) is 0 Å². The quantitative estimate of drug-likeness (QED) is 0.571. The second-order valence-electron chi connectivity index (χ2n) is 3.16. The van der Waals surface area contributed by atoms with E-state index in [1.807, 2.05) is 0 Å². The Labute approximate surface area is 78.8 Å². The monoisotopic (exact) mass is 198 g/mol. The van der Waals surface area contributed by atoms with E-state index in [0.717, 1.165) is 0 Å². The number of hydrogen-bond donors (Lipinski definition) is 2. The van der Waals surface area contributed by atoms with Crippen molar-refractivity contribution in [3.63, 3.8) is 0 Å². The van der Waals surface area contributed by atoms with Crippen LogP contribution >= 0.6 is 0 Å². The van der Waals surface area contributed by atoms with Crippen molar-refractivity contribution < 1.29 is 9.84 Å². The highest BCUT2D eigenvalue weighted by Gasteiger charge is 2.19. The van der Waals surface area contributed by atoms with Crippen LogP contribution in [0.3, 0.4) is 0 Å². The molecule has 0 spiro atoms. The highest BCUT2D eigenvalue weighted by molar-refractivity contribution is 5.04. The Morgan fingerprint density at radius 3 is 3.14 bits per heavy atom. The smallest absolute Gasteiger partial charge is 0.330 e. The van der Waals surface area contributed by atoms with Crippen molar-refractivity contribution in [2.24, 2.45) is 0 Å². The second kappa shape index (κ2) is 3.39. The van der Waals surface area contributed by atoms with Gasteiger partial charge < -0.3 is 9.84 Å². The molecule has 14 heavy (non-hydrogen) atoms. The first kappa shape index (κ1) is 9.17. The maximum Gasteiger partial charge on any atom is 0.330 e. The van der Waals surface area contributed by atoms with E-state index in [4.69, 9.17) is 9.84 Å². The molecule has 0 amide bonds. The van der Waals surface area contributed by atoms with Gasteiger partial charge in [0.05, 0.1) is 12.7 Å². The van der Waals surface area contributed by atoms with Crippen LogP contribution in [-0.4, -0.2) is 27.4 Å². The summed E-state index contributed by atoms with van der Waals surface area (Å²) in [5.74, 6) is 0. The zero-order valence-electron chi connectivity index (χ0n) is 7.40. The topological polar surface area (TPSA) is 84.3 Å². The normalized spacial score (nSPS) is 20.5. The molecule has 2 heterocycles. The number of rotatable bonds is 1. The Hall–Kier alpha value is -1.40. The van der Waals surface area contributed by atoms with Crippen molar-refractivity contribution in [1.82, 2.24) is 9.55 Å². The molecule has 1 atom stereocenters. The predicted molar refractivity (Wildman–Crippen MR) is 47.0 cm³/mol. The summed E-state index contributed by atoms with van der Waals surface area (Å²) in [5.41, 5.74) is -0.284. The first-order valence-corrected chi connectivity index (χ1v) is 4.26. The van der Waals surface area contributed by atoms with Crippen LogP contribution in [0, 0.1) is 0 Å². The molecule has 2 N–H and O–H groups in total. The molecule has 1 aromatic heterocycles. The Bertz CT molecular complexity index is 447. The molecule has 0 saturated carbocycles. The lowest BCUT2D eigenvalue weighted by Crippen LogP contribution is -2.39. The molecule has 1 aromatic rings. The van der Waals surface area contributed by atoms with E-state index in [-0.39, 0.29) is 19.4 Å². The van der Waals surface area contributed by atoms with Crippen molar-refractivity contribution in [2.75, 3.05) is 6.61 Å². The van der Waals surface area contributed by atoms with E-state index >= 15 is 0 Å². The van der Waals surface area contributed by atoms with Gasteiger partial charge in [-0.2, -0.15) is 0 Å². The van der Waals surface area contributed by atoms with Gasteiger partial charge >= 0.3 is 5.69 Å². The zero-order valence-corrected chi connectivity index (χ0v) is 7.40. The minimum absolute atomic E-state index is 0.0795. The molecule has 0 fully saturated rings. The lowest BCUT2D eigenvalue weighted by Gasteiger charge is -2.24. The third kappa shape index (κ3) is 1.49. The molecule has 6 nitrogen and oxygen atoms in total. The van der Waals surface area contributed by atoms with Crippen molar-refractivity contribution in [3.05, 3.63) is 32.6 Å². The number of aromatic nitrogens is 2. The summed E-state index contributed by atoms with van der Waals surface area (Å²) in [6, 6.07) is 1.35. The maximum atomic E-state index is 11.2. The van der Waals surface area contributed by atoms with Crippen molar-refractivity contribution in [2.45, 2.75) is 19.3 Å². The summed E-state index contributed by atoms with van der Waals surface area (Å²) in [6.07, 6.45) is 0.0616. The molecule has 6 heteroatoms. The van der Waals surface area contributed by atoms with Crippen LogP contribution in [0.25, 0.3) is 0 Å². The van der Waals surface area contributed by atoms with Crippen LogP contribution in [0.2, 0.25) is 0 Å². The fourth-order valence-electron chi connectivity index (χ4n) is 1.47. The Morgan fingerprint density at radius 2 is 2.43 bits per heavy atom. The van der Waals surface area contributed by atoms with Gasteiger partial charge in [0.25, 0.3) is 5.56 Å². The van der Waals surface area contributed by atoms with Gasteiger partial charge in [-0.05, 0) is 0 Å². The zero-order chi connectivity index (χ0) is 10.1. The largest absolute Gasteiger partial charge is 0.394 e. The van der Waals surface area contributed by atoms with Crippen molar-refractivity contribution in [1.29, 1.82) is 0 Å². The summed E-state index contributed by atoms with van der Waals surface area (Å²) in [4.78, 5) is 24.4. The van der Waals surface area contributed by atoms with E-state index in [1.165, 1.54) is 10.6 Å².